The van der Waals surface area contributed by atoms with Crippen LogP contribution in [0.4, 0.5) is 4.79 Å². The van der Waals surface area contributed by atoms with Crippen molar-refractivity contribution in [2.45, 2.75) is 75.0 Å². The monoisotopic (exact) mass is 433 g/mol. The lowest BCUT2D eigenvalue weighted by atomic mass is 9.77. The van der Waals surface area contributed by atoms with Crippen LogP contribution in [0.15, 0.2) is 11.4 Å². The molecule has 1 spiro atoms. The summed E-state index contributed by atoms with van der Waals surface area (Å²) in [5, 5.41) is 0.163. The number of hydrogen-bond donors (Lipinski definition) is 0. The van der Waals surface area contributed by atoms with Crippen molar-refractivity contribution < 1.29 is 23.3 Å². The molecule has 1 saturated carbocycles. The highest BCUT2D eigenvalue weighted by Gasteiger charge is 2.64. The van der Waals surface area contributed by atoms with Gasteiger partial charge in [0.2, 0.25) is 11.1 Å². The summed E-state index contributed by atoms with van der Waals surface area (Å²) in [5.41, 5.74) is -1.21. The van der Waals surface area contributed by atoms with Gasteiger partial charge in [0.15, 0.2) is 5.78 Å². The van der Waals surface area contributed by atoms with Gasteiger partial charge in [-0.25, -0.2) is 19.7 Å². The fourth-order valence-corrected chi connectivity index (χ4v) is 5.45. The Kier molecular flexibility index (Phi) is 5.07. The molecule has 2 fully saturated rings. The van der Waals surface area contributed by atoms with E-state index in [0.717, 1.165) is 30.6 Å². The molecule has 0 N–H and O–H groups in total. The summed E-state index contributed by atoms with van der Waals surface area (Å²) < 4.78 is 17.3. The van der Waals surface area contributed by atoms with Crippen LogP contribution in [0.5, 0.6) is 0 Å². The van der Waals surface area contributed by atoms with Crippen LogP contribution < -0.4 is 0 Å². The molecular weight excluding hydrogens is 406 g/mol. The molecule has 162 valence electrons. The van der Waals surface area contributed by atoms with Crippen molar-refractivity contribution in [1.82, 2.24) is 14.9 Å². The first kappa shape index (κ1) is 21.1. The number of nitrogens with zero attached hydrogens (tertiary/aromatic N) is 3. The van der Waals surface area contributed by atoms with E-state index in [-0.39, 0.29) is 29.8 Å². The van der Waals surface area contributed by atoms with Crippen molar-refractivity contribution in [3.8, 4) is 0 Å². The Labute approximate surface area is 178 Å². The van der Waals surface area contributed by atoms with Gasteiger partial charge < -0.3 is 4.74 Å². The minimum Gasteiger partial charge on any atom is -0.443 e. The summed E-state index contributed by atoms with van der Waals surface area (Å²) >= 11 is 0. The first-order chi connectivity index (χ1) is 14.1. The summed E-state index contributed by atoms with van der Waals surface area (Å²) in [6, 6.07) is 0. The molecule has 0 aromatic carbocycles. The van der Waals surface area contributed by atoms with Gasteiger partial charge in [-0.2, -0.15) is 0 Å². The Morgan fingerprint density at radius 1 is 1.27 bits per heavy atom. The number of hydrogen-bond acceptors (Lipinski definition) is 7. The fraction of sp³-hybridized carbons (Fsp3) is 0.667. The Bertz CT molecular complexity index is 950. The smallest absolute Gasteiger partial charge is 0.417 e. The van der Waals surface area contributed by atoms with Crippen molar-refractivity contribution in [3.63, 3.8) is 0 Å². The van der Waals surface area contributed by atoms with E-state index in [2.05, 4.69) is 9.97 Å². The van der Waals surface area contributed by atoms with Gasteiger partial charge >= 0.3 is 6.09 Å². The summed E-state index contributed by atoms with van der Waals surface area (Å²) in [7, 11) is -1.40. The van der Waals surface area contributed by atoms with E-state index in [1.54, 1.807) is 20.8 Å². The Balaban J connectivity index is 1.77. The molecule has 3 aliphatic rings. The summed E-state index contributed by atoms with van der Waals surface area (Å²) in [5.74, 6) is -1.17. The minimum absolute atomic E-state index is 0.104. The third kappa shape index (κ3) is 3.18. The maximum atomic E-state index is 13.8. The van der Waals surface area contributed by atoms with Gasteiger partial charge in [-0.3, -0.25) is 13.8 Å². The van der Waals surface area contributed by atoms with Crippen molar-refractivity contribution >= 4 is 28.6 Å². The second-order valence-electron chi connectivity index (χ2n) is 9.38. The van der Waals surface area contributed by atoms with Gasteiger partial charge in [0, 0.05) is 24.6 Å². The first-order valence-electron chi connectivity index (χ1n) is 10.4. The number of Topliss-reactive ketones (excluding diaryl/α,β-unsaturated/α-hetero) is 1. The standard InChI is InChI=1S/C21H27N3O5S/c1-20(2,3)29-19(27)24-10-9-21(17(24)26)13-11-22-18(30(4)28)23-15(13)14(16(21)25)12-7-5-6-8-12/h11-12,14H,5-10H2,1-4H3. The molecule has 1 saturated heterocycles. The third-order valence-electron chi connectivity index (χ3n) is 6.32. The highest BCUT2D eigenvalue weighted by atomic mass is 32.2. The van der Waals surface area contributed by atoms with Gasteiger partial charge in [-0.1, -0.05) is 12.8 Å². The normalized spacial score (nSPS) is 27.7. The van der Waals surface area contributed by atoms with E-state index in [1.165, 1.54) is 12.5 Å². The number of ether oxygens (including phenoxy) is 1. The number of imide groups is 1. The first-order valence-corrected chi connectivity index (χ1v) is 11.9. The van der Waals surface area contributed by atoms with E-state index in [1.807, 2.05) is 0 Å². The van der Waals surface area contributed by atoms with Gasteiger partial charge in [-0.05, 0) is 46.0 Å². The molecule has 1 aliphatic heterocycles. The summed E-state index contributed by atoms with van der Waals surface area (Å²) in [4.78, 5) is 49.6. The van der Waals surface area contributed by atoms with Crippen LogP contribution in [0, 0.1) is 5.92 Å². The SMILES string of the molecule is CS(=O)c1ncc2c(n1)C(C1CCCC1)C(=O)C21CCN(C(=O)OC(C)(C)C)C1=O. The molecule has 30 heavy (non-hydrogen) atoms. The zero-order valence-corrected chi connectivity index (χ0v) is 18.6. The molecule has 2 aliphatic carbocycles. The van der Waals surface area contributed by atoms with Crippen LogP contribution in [0.25, 0.3) is 0 Å². The van der Waals surface area contributed by atoms with Crippen LogP contribution in [-0.4, -0.2) is 55.3 Å². The lowest BCUT2D eigenvalue weighted by Gasteiger charge is -2.25. The number of carbonyl (C=O) groups is 3. The summed E-state index contributed by atoms with van der Waals surface area (Å²) in [6.07, 6.45) is 6.27. The van der Waals surface area contributed by atoms with E-state index < -0.39 is 39.7 Å². The molecule has 1 aromatic rings. The molecule has 0 radical (unpaired) electrons. The second-order valence-corrected chi connectivity index (χ2v) is 10.7. The fourth-order valence-electron chi connectivity index (χ4n) is 5.02. The molecule has 9 heteroatoms. The average molecular weight is 434 g/mol. The summed E-state index contributed by atoms with van der Waals surface area (Å²) in [6.45, 7) is 5.30. The van der Waals surface area contributed by atoms with Gasteiger partial charge in [0.05, 0.1) is 22.4 Å². The number of carbonyl (C=O) groups excluding carboxylic acids is 3. The highest BCUT2D eigenvalue weighted by Crippen LogP contribution is 2.53. The number of ketones is 1. The van der Waals surface area contributed by atoms with Gasteiger partial charge in [0.25, 0.3) is 0 Å². The molecular formula is C21H27N3O5S. The van der Waals surface area contributed by atoms with E-state index in [9.17, 15) is 18.6 Å². The maximum Gasteiger partial charge on any atom is 0.417 e. The Morgan fingerprint density at radius 2 is 1.93 bits per heavy atom. The third-order valence-corrected chi connectivity index (χ3v) is 7.03. The van der Waals surface area contributed by atoms with E-state index in [0.29, 0.717) is 11.3 Å². The number of rotatable bonds is 2. The van der Waals surface area contributed by atoms with Gasteiger partial charge in [-0.15, -0.1) is 0 Å². The molecule has 2 amide bonds. The minimum atomic E-state index is -1.45. The Morgan fingerprint density at radius 3 is 2.53 bits per heavy atom. The van der Waals surface area contributed by atoms with E-state index in [4.69, 9.17) is 4.74 Å². The average Bonchev–Trinajstić information content (AvgIpc) is 3.33. The molecule has 0 bridgehead atoms. The largest absolute Gasteiger partial charge is 0.443 e. The van der Waals surface area contributed by atoms with Crippen LogP contribution in [0.3, 0.4) is 0 Å². The quantitative estimate of drug-likeness (QED) is 0.521. The number of amides is 2. The molecule has 3 atom stereocenters. The number of aromatic nitrogens is 2. The van der Waals surface area contributed by atoms with Crippen molar-refractivity contribution in [2.75, 3.05) is 12.8 Å². The highest BCUT2D eigenvalue weighted by molar-refractivity contribution is 7.84. The van der Waals surface area contributed by atoms with Crippen LogP contribution in [0.2, 0.25) is 0 Å². The molecule has 8 nitrogen and oxygen atoms in total. The van der Waals surface area contributed by atoms with Crippen LogP contribution >= 0.6 is 0 Å². The molecule has 3 unspecified atom stereocenters. The zero-order valence-electron chi connectivity index (χ0n) is 17.8. The second kappa shape index (κ2) is 7.21. The van der Waals surface area contributed by atoms with Crippen molar-refractivity contribution in [3.05, 3.63) is 17.5 Å². The maximum absolute atomic E-state index is 13.8. The lowest BCUT2D eigenvalue weighted by Crippen LogP contribution is -2.46. The molecule has 4 rings (SSSR count). The van der Waals surface area contributed by atoms with Crippen molar-refractivity contribution in [2.24, 2.45) is 5.92 Å². The van der Waals surface area contributed by atoms with Crippen LogP contribution in [-0.2, 0) is 30.5 Å². The van der Waals surface area contributed by atoms with Crippen LogP contribution in [0.1, 0.15) is 70.1 Å². The number of fused-ring (bicyclic) bond motifs is 2. The van der Waals surface area contributed by atoms with Gasteiger partial charge in [0.1, 0.15) is 11.0 Å². The van der Waals surface area contributed by atoms with E-state index >= 15 is 0 Å². The number of likely N-dealkylation sites (tertiary alicyclic amines) is 1. The Hall–Kier alpha value is -2.16. The zero-order chi connectivity index (χ0) is 21.8. The molecule has 1 aromatic heterocycles. The lowest BCUT2D eigenvalue weighted by molar-refractivity contribution is -0.138. The topological polar surface area (TPSA) is 107 Å². The van der Waals surface area contributed by atoms with Crippen molar-refractivity contribution in [1.29, 1.82) is 0 Å². The molecule has 2 heterocycles. The predicted octanol–water partition coefficient (Wildman–Crippen LogP) is 2.48. The predicted molar refractivity (Wildman–Crippen MR) is 108 cm³/mol.